The molecule has 0 aliphatic rings. The van der Waals surface area contributed by atoms with Gasteiger partial charge in [-0.05, 0) is 12.1 Å². The maximum Gasteiger partial charge on any atom is 0.356 e. The molecule has 0 saturated carbocycles. The molecule has 3 aromatic rings. The van der Waals surface area contributed by atoms with Crippen molar-refractivity contribution < 1.29 is 14.6 Å². The fraction of sp³-hybridized carbons (Fsp3) is 0.0588. The quantitative estimate of drug-likeness (QED) is 0.785. The van der Waals surface area contributed by atoms with Gasteiger partial charge in [0.25, 0.3) is 0 Å². The maximum absolute atomic E-state index is 11.5. The van der Waals surface area contributed by atoms with Gasteiger partial charge in [-0.1, -0.05) is 42.5 Å². The van der Waals surface area contributed by atoms with Crippen LogP contribution in [0.4, 0.5) is 0 Å². The van der Waals surface area contributed by atoms with Crippen LogP contribution in [0.15, 0.2) is 54.6 Å². The molecular formula is C17H13NO3S. The van der Waals surface area contributed by atoms with Gasteiger partial charge in [0.2, 0.25) is 0 Å². The first kappa shape index (κ1) is 14.3. The SMILES string of the molecule is COc1ccccc1-c1sc(-c2ccccc2)nc1C(=O)O. The fourth-order valence-corrected chi connectivity index (χ4v) is 3.28. The van der Waals surface area contributed by atoms with Gasteiger partial charge in [-0.2, -0.15) is 0 Å². The number of carboxylic acids is 1. The molecule has 0 radical (unpaired) electrons. The largest absolute Gasteiger partial charge is 0.496 e. The first-order valence-corrected chi connectivity index (χ1v) is 7.45. The van der Waals surface area contributed by atoms with E-state index < -0.39 is 5.97 Å². The van der Waals surface area contributed by atoms with Crippen molar-refractivity contribution in [2.75, 3.05) is 7.11 Å². The zero-order chi connectivity index (χ0) is 15.5. The number of benzene rings is 2. The van der Waals surface area contributed by atoms with Gasteiger partial charge in [-0.3, -0.25) is 0 Å². The Kier molecular flexibility index (Phi) is 3.89. The topological polar surface area (TPSA) is 59.4 Å². The number of aromatic nitrogens is 1. The molecule has 3 rings (SSSR count). The van der Waals surface area contributed by atoms with Crippen LogP contribution in [0.1, 0.15) is 10.5 Å². The summed E-state index contributed by atoms with van der Waals surface area (Å²) in [5, 5.41) is 10.1. The van der Waals surface area contributed by atoms with E-state index in [1.807, 2.05) is 54.6 Å². The van der Waals surface area contributed by atoms with Crippen molar-refractivity contribution in [3.8, 4) is 26.8 Å². The molecule has 0 atom stereocenters. The highest BCUT2D eigenvalue weighted by molar-refractivity contribution is 7.18. The molecule has 5 heteroatoms. The van der Waals surface area contributed by atoms with Gasteiger partial charge >= 0.3 is 5.97 Å². The summed E-state index contributed by atoms with van der Waals surface area (Å²) in [6.45, 7) is 0. The Morgan fingerprint density at radius 1 is 1.09 bits per heavy atom. The predicted molar refractivity (Wildman–Crippen MR) is 86.5 cm³/mol. The van der Waals surface area contributed by atoms with Gasteiger partial charge in [0.1, 0.15) is 10.8 Å². The van der Waals surface area contributed by atoms with Gasteiger partial charge in [-0.25, -0.2) is 9.78 Å². The number of nitrogens with zero attached hydrogens (tertiary/aromatic N) is 1. The lowest BCUT2D eigenvalue weighted by Crippen LogP contribution is -1.99. The van der Waals surface area contributed by atoms with E-state index in [0.717, 1.165) is 11.1 Å². The second-order valence-electron chi connectivity index (χ2n) is 4.57. The number of thiazole rings is 1. The smallest absolute Gasteiger partial charge is 0.356 e. The number of methoxy groups -OCH3 is 1. The van der Waals surface area contributed by atoms with Crippen LogP contribution in [0.5, 0.6) is 5.75 Å². The molecule has 0 aliphatic carbocycles. The number of carbonyl (C=O) groups is 1. The Hall–Kier alpha value is -2.66. The predicted octanol–water partition coefficient (Wildman–Crippen LogP) is 4.18. The minimum Gasteiger partial charge on any atom is -0.496 e. The third kappa shape index (κ3) is 2.58. The number of hydrogen-bond acceptors (Lipinski definition) is 4. The summed E-state index contributed by atoms with van der Waals surface area (Å²) in [4.78, 5) is 16.4. The second kappa shape index (κ2) is 5.99. The average Bonchev–Trinajstić information content (AvgIpc) is 3.01. The number of rotatable bonds is 4. The van der Waals surface area contributed by atoms with Gasteiger partial charge in [0.15, 0.2) is 5.69 Å². The van der Waals surface area contributed by atoms with Crippen molar-refractivity contribution in [3.05, 3.63) is 60.3 Å². The van der Waals surface area contributed by atoms with Crippen LogP contribution in [-0.4, -0.2) is 23.2 Å². The van der Waals surface area contributed by atoms with Crippen molar-refractivity contribution in [3.63, 3.8) is 0 Å². The molecule has 22 heavy (non-hydrogen) atoms. The molecule has 1 heterocycles. The summed E-state index contributed by atoms with van der Waals surface area (Å²) in [6.07, 6.45) is 0. The van der Waals surface area contributed by atoms with Crippen molar-refractivity contribution in [1.29, 1.82) is 0 Å². The third-order valence-electron chi connectivity index (χ3n) is 3.20. The average molecular weight is 311 g/mol. The van der Waals surface area contributed by atoms with Crippen LogP contribution in [0.3, 0.4) is 0 Å². The van der Waals surface area contributed by atoms with Crippen molar-refractivity contribution in [1.82, 2.24) is 4.98 Å². The molecule has 4 nitrogen and oxygen atoms in total. The molecule has 0 spiro atoms. The minimum absolute atomic E-state index is 0.0494. The summed E-state index contributed by atoms with van der Waals surface area (Å²) >= 11 is 1.35. The number of ether oxygens (including phenoxy) is 1. The standard InChI is InChI=1S/C17H13NO3S/c1-21-13-10-6-5-9-12(13)15-14(17(19)20)18-16(22-15)11-7-3-2-4-8-11/h2-10H,1H3,(H,19,20). The van der Waals surface area contributed by atoms with Crippen LogP contribution >= 0.6 is 11.3 Å². The normalized spacial score (nSPS) is 10.4. The highest BCUT2D eigenvalue weighted by Crippen LogP contribution is 2.39. The third-order valence-corrected chi connectivity index (χ3v) is 4.34. The lowest BCUT2D eigenvalue weighted by Gasteiger charge is -2.06. The van der Waals surface area contributed by atoms with Crippen molar-refractivity contribution in [2.45, 2.75) is 0 Å². The van der Waals surface area contributed by atoms with Gasteiger partial charge in [0.05, 0.1) is 12.0 Å². The molecule has 0 fully saturated rings. The molecule has 0 saturated heterocycles. The minimum atomic E-state index is -1.04. The van der Waals surface area contributed by atoms with Crippen LogP contribution in [0.25, 0.3) is 21.0 Å². The molecule has 0 bridgehead atoms. The summed E-state index contributed by atoms with van der Waals surface area (Å²) in [6, 6.07) is 16.9. The van der Waals surface area contributed by atoms with Crippen LogP contribution in [-0.2, 0) is 0 Å². The highest BCUT2D eigenvalue weighted by atomic mass is 32.1. The summed E-state index contributed by atoms with van der Waals surface area (Å²) in [5.41, 5.74) is 1.69. The first-order valence-electron chi connectivity index (χ1n) is 6.63. The summed E-state index contributed by atoms with van der Waals surface area (Å²) in [7, 11) is 1.57. The Bertz CT molecular complexity index is 812. The van der Waals surface area contributed by atoms with Crippen molar-refractivity contribution in [2.24, 2.45) is 0 Å². The molecule has 1 aromatic heterocycles. The van der Waals surface area contributed by atoms with Crippen LogP contribution in [0.2, 0.25) is 0 Å². The van der Waals surface area contributed by atoms with Crippen molar-refractivity contribution >= 4 is 17.3 Å². The molecule has 110 valence electrons. The Labute approximate surface area is 131 Å². The monoisotopic (exact) mass is 311 g/mol. The first-order chi connectivity index (χ1) is 10.7. The highest BCUT2D eigenvalue weighted by Gasteiger charge is 2.21. The molecule has 0 amide bonds. The molecule has 1 N–H and O–H groups in total. The number of para-hydroxylation sites is 1. The Morgan fingerprint density at radius 2 is 1.77 bits per heavy atom. The Morgan fingerprint density at radius 3 is 2.45 bits per heavy atom. The van der Waals surface area contributed by atoms with E-state index in [-0.39, 0.29) is 5.69 Å². The van der Waals surface area contributed by atoms with Crippen LogP contribution < -0.4 is 4.74 Å². The number of hydrogen-bond donors (Lipinski definition) is 1. The molecular weight excluding hydrogens is 298 g/mol. The molecule has 0 unspecified atom stereocenters. The van der Waals surface area contributed by atoms with E-state index in [9.17, 15) is 9.90 Å². The van der Waals surface area contributed by atoms with E-state index in [1.165, 1.54) is 11.3 Å². The second-order valence-corrected chi connectivity index (χ2v) is 5.57. The molecule has 0 aliphatic heterocycles. The summed E-state index contributed by atoms with van der Waals surface area (Å²) in [5.74, 6) is -0.410. The molecule has 2 aromatic carbocycles. The maximum atomic E-state index is 11.5. The van der Waals surface area contributed by atoms with Gasteiger partial charge in [0, 0.05) is 11.1 Å². The van der Waals surface area contributed by atoms with Gasteiger partial charge in [-0.15, -0.1) is 11.3 Å². The zero-order valence-electron chi connectivity index (χ0n) is 11.8. The van der Waals surface area contributed by atoms with E-state index >= 15 is 0 Å². The fourth-order valence-electron chi connectivity index (χ4n) is 2.18. The van der Waals surface area contributed by atoms with E-state index in [2.05, 4.69) is 4.98 Å². The zero-order valence-corrected chi connectivity index (χ0v) is 12.6. The van der Waals surface area contributed by atoms with E-state index in [1.54, 1.807) is 7.11 Å². The number of carboxylic acid groups (broad SMARTS) is 1. The van der Waals surface area contributed by atoms with Gasteiger partial charge < -0.3 is 9.84 Å². The summed E-state index contributed by atoms with van der Waals surface area (Å²) < 4.78 is 5.34. The lowest BCUT2D eigenvalue weighted by atomic mass is 10.1. The Balaban J connectivity index is 2.19. The van der Waals surface area contributed by atoms with Crippen LogP contribution in [0, 0.1) is 0 Å². The van der Waals surface area contributed by atoms with E-state index in [0.29, 0.717) is 15.6 Å². The van der Waals surface area contributed by atoms with E-state index in [4.69, 9.17) is 4.74 Å². The number of aromatic carboxylic acids is 1. The lowest BCUT2D eigenvalue weighted by molar-refractivity contribution is 0.0692.